The van der Waals surface area contributed by atoms with Gasteiger partial charge in [-0.3, -0.25) is 0 Å². The Morgan fingerprint density at radius 1 is 1.75 bits per heavy atom. The average molecular weight is 166 g/mol. The summed E-state index contributed by atoms with van der Waals surface area (Å²) in [7, 11) is 0. The first-order valence-corrected chi connectivity index (χ1v) is 4.58. The number of aliphatic hydroxyl groups is 1. The van der Waals surface area contributed by atoms with Crippen molar-refractivity contribution in [3.8, 4) is 0 Å². The third kappa shape index (κ3) is 1.98. The first-order chi connectivity index (χ1) is 5.65. The Hall–Kier alpha value is -0.560. The molecular formula is C11H18O. The molecule has 1 rings (SSSR count). The molecule has 0 saturated heterocycles. The number of hydrogen-bond donors (Lipinski definition) is 1. The van der Waals surface area contributed by atoms with E-state index in [1.54, 1.807) is 0 Å². The Bertz CT molecular complexity index is 203. The van der Waals surface area contributed by atoms with Gasteiger partial charge in [-0.15, -0.1) is 0 Å². The van der Waals surface area contributed by atoms with E-state index >= 15 is 0 Å². The predicted molar refractivity (Wildman–Crippen MR) is 51.9 cm³/mol. The number of aliphatic hydroxyl groups excluding tert-OH is 1. The van der Waals surface area contributed by atoms with E-state index in [0.717, 1.165) is 12.8 Å². The van der Waals surface area contributed by atoms with Crippen LogP contribution in [-0.4, -0.2) is 11.7 Å². The molecule has 0 fully saturated rings. The molecule has 0 radical (unpaired) electrons. The summed E-state index contributed by atoms with van der Waals surface area (Å²) in [4.78, 5) is 0. The van der Waals surface area contributed by atoms with E-state index in [2.05, 4.69) is 26.5 Å². The summed E-state index contributed by atoms with van der Waals surface area (Å²) in [6, 6.07) is 0. The predicted octanol–water partition coefficient (Wildman–Crippen LogP) is 2.53. The summed E-state index contributed by atoms with van der Waals surface area (Å²) in [6.07, 6.45) is 4.43. The lowest BCUT2D eigenvalue weighted by Gasteiger charge is -2.27. The highest BCUT2D eigenvalue weighted by Gasteiger charge is 2.21. The minimum absolute atomic E-state index is 0.284. The molecule has 0 amide bonds. The molecule has 1 heteroatoms. The number of rotatable bonds is 2. The molecule has 0 unspecified atom stereocenters. The highest BCUT2D eigenvalue weighted by atomic mass is 16.3. The van der Waals surface area contributed by atoms with Gasteiger partial charge in [0.1, 0.15) is 0 Å². The van der Waals surface area contributed by atoms with E-state index in [0.29, 0.717) is 11.8 Å². The van der Waals surface area contributed by atoms with E-state index in [1.807, 2.05) is 0 Å². The SMILES string of the molecule is C=C(C)[C@H]1CC=C(C)[C@H](CO)C1. The van der Waals surface area contributed by atoms with Crippen LogP contribution in [0.25, 0.3) is 0 Å². The van der Waals surface area contributed by atoms with Crippen molar-refractivity contribution in [1.82, 2.24) is 0 Å². The molecule has 1 nitrogen and oxygen atoms in total. The fourth-order valence-electron chi connectivity index (χ4n) is 1.74. The smallest absolute Gasteiger partial charge is 0.0496 e. The van der Waals surface area contributed by atoms with Gasteiger partial charge in [0.05, 0.1) is 0 Å². The second kappa shape index (κ2) is 3.90. The number of hydrogen-bond acceptors (Lipinski definition) is 1. The Kier molecular flexibility index (Phi) is 3.10. The molecule has 68 valence electrons. The highest BCUT2D eigenvalue weighted by Crippen LogP contribution is 2.32. The van der Waals surface area contributed by atoms with Crippen LogP contribution in [0.4, 0.5) is 0 Å². The zero-order valence-electron chi connectivity index (χ0n) is 8.01. The van der Waals surface area contributed by atoms with Gasteiger partial charge in [0.15, 0.2) is 0 Å². The van der Waals surface area contributed by atoms with Gasteiger partial charge in [0, 0.05) is 12.5 Å². The Morgan fingerprint density at radius 2 is 2.42 bits per heavy atom. The van der Waals surface area contributed by atoms with Crippen molar-refractivity contribution in [2.45, 2.75) is 26.7 Å². The van der Waals surface area contributed by atoms with Crippen LogP contribution in [0.2, 0.25) is 0 Å². The van der Waals surface area contributed by atoms with Gasteiger partial charge >= 0.3 is 0 Å². The van der Waals surface area contributed by atoms with Gasteiger partial charge < -0.3 is 5.11 Å². The highest BCUT2D eigenvalue weighted by molar-refractivity contribution is 5.13. The molecule has 0 aromatic rings. The fourth-order valence-corrected chi connectivity index (χ4v) is 1.74. The Balaban J connectivity index is 2.64. The van der Waals surface area contributed by atoms with Crippen LogP contribution in [0.5, 0.6) is 0 Å². The molecule has 0 heterocycles. The van der Waals surface area contributed by atoms with Gasteiger partial charge in [-0.1, -0.05) is 23.8 Å². The molecule has 1 N–H and O–H groups in total. The van der Waals surface area contributed by atoms with Crippen molar-refractivity contribution >= 4 is 0 Å². The summed E-state index contributed by atoms with van der Waals surface area (Å²) < 4.78 is 0. The Labute approximate surface area is 74.8 Å². The van der Waals surface area contributed by atoms with Crippen LogP contribution in [0, 0.1) is 11.8 Å². The molecule has 2 atom stereocenters. The third-order valence-corrected chi connectivity index (χ3v) is 2.85. The average Bonchev–Trinajstić information content (AvgIpc) is 2.05. The summed E-state index contributed by atoms with van der Waals surface area (Å²) in [5, 5.41) is 9.09. The first kappa shape index (κ1) is 9.53. The van der Waals surface area contributed by atoms with Gasteiger partial charge in [-0.05, 0) is 32.6 Å². The van der Waals surface area contributed by atoms with Crippen LogP contribution < -0.4 is 0 Å². The third-order valence-electron chi connectivity index (χ3n) is 2.85. The topological polar surface area (TPSA) is 20.2 Å². The van der Waals surface area contributed by atoms with Crippen LogP contribution in [0.15, 0.2) is 23.8 Å². The standard InChI is InChI=1S/C11H18O/c1-8(2)10-5-4-9(3)11(6-10)7-12/h4,10-12H,1,5-7H2,2-3H3/t10-,11-/m0/s1. The second-order valence-electron chi connectivity index (χ2n) is 3.84. The molecule has 12 heavy (non-hydrogen) atoms. The maximum Gasteiger partial charge on any atom is 0.0496 e. The van der Waals surface area contributed by atoms with E-state index in [-0.39, 0.29) is 6.61 Å². The molecule has 1 aliphatic carbocycles. The molecular weight excluding hydrogens is 148 g/mol. The van der Waals surface area contributed by atoms with E-state index in [9.17, 15) is 0 Å². The van der Waals surface area contributed by atoms with Crippen molar-refractivity contribution in [3.63, 3.8) is 0 Å². The maximum absolute atomic E-state index is 9.09. The van der Waals surface area contributed by atoms with Crippen molar-refractivity contribution in [2.75, 3.05) is 6.61 Å². The van der Waals surface area contributed by atoms with Crippen molar-refractivity contribution in [2.24, 2.45) is 11.8 Å². The molecule has 0 aliphatic heterocycles. The van der Waals surface area contributed by atoms with Gasteiger partial charge in [-0.2, -0.15) is 0 Å². The van der Waals surface area contributed by atoms with Crippen LogP contribution in [0.1, 0.15) is 26.7 Å². The molecule has 0 bridgehead atoms. The fraction of sp³-hybridized carbons (Fsp3) is 0.636. The van der Waals surface area contributed by atoms with Crippen molar-refractivity contribution in [1.29, 1.82) is 0 Å². The van der Waals surface area contributed by atoms with E-state index in [4.69, 9.17) is 5.11 Å². The summed E-state index contributed by atoms with van der Waals surface area (Å²) in [5.41, 5.74) is 2.59. The maximum atomic E-state index is 9.09. The van der Waals surface area contributed by atoms with E-state index < -0.39 is 0 Å². The van der Waals surface area contributed by atoms with E-state index in [1.165, 1.54) is 11.1 Å². The summed E-state index contributed by atoms with van der Waals surface area (Å²) in [6.45, 7) is 8.43. The minimum Gasteiger partial charge on any atom is -0.396 e. The van der Waals surface area contributed by atoms with Gasteiger partial charge in [0.25, 0.3) is 0 Å². The zero-order chi connectivity index (χ0) is 9.14. The van der Waals surface area contributed by atoms with Crippen LogP contribution in [0.3, 0.4) is 0 Å². The largest absolute Gasteiger partial charge is 0.396 e. The lowest BCUT2D eigenvalue weighted by molar-refractivity contribution is 0.222. The molecule has 1 aliphatic rings. The van der Waals surface area contributed by atoms with Crippen LogP contribution >= 0.6 is 0 Å². The normalized spacial score (nSPS) is 29.8. The summed E-state index contributed by atoms with van der Waals surface area (Å²) in [5.74, 6) is 0.964. The molecule has 0 aromatic carbocycles. The zero-order valence-corrected chi connectivity index (χ0v) is 8.01. The Morgan fingerprint density at radius 3 is 2.92 bits per heavy atom. The lowest BCUT2D eigenvalue weighted by atomic mass is 9.79. The minimum atomic E-state index is 0.284. The van der Waals surface area contributed by atoms with Crippen molar-refractivity contribution < 1.29 is 5.11 Å². The number of allylic oxidation sites excluding steroid dienone is 2. The quantitative estimate of drug-likeness (QED) is 0.625. The molecule has 0 spiro atoms. The summed E-state index contributed by atoms with van der Waals surface area (Å²) >= 11 is 0. The van der Waals surface area contributed by atoms with Gasteiger partial charge in [0.2, 0.25) is 0 Å². The van der Waals surface area contributed by atoms with Gasteiger partial charge in [-0.25, -0.2) is 0 Å². The molecule has 0 saturated carbocycles. The van der Waals surface area contributed by atoms with Crippen molar-refractivity contribution in [3.05, 3.63) is 23.8 Å². The second-order valence-corrected chi connectivity index (χ2v) is 3.84. The van der Waals surface area contributed by atoms with Crippen LogP contribution in [-0.2, 0) is 0 Å². The lowest BCUT2D eigenvalue weighted by Crippen LogP contribution is -2.18. The molecule has 0 aromatic heterocycles. The monoisotopic (exact) mass is 166 g/mol. The first-order valence-electron chi connectivity index (χ1n) is 4.58.